The van der Waals surface area contributed by atoms with Crippen LogP contribution in [0.3, 0.4) is 0 Å². The molecule has 0 radical (unpaired) electrons. The summed E-state index contributed by atoms with van der Waals surface area (Å²) in [7, 11) is -3.00. The summed E-state index contributed by atoms with van der Waals surface area (Å²) < 4.78 is 25.2. The predicted octanol–water partition coefficient (Wildman–Crippen LogP) is 4.23. The first-order chi connectivity index (χ1) is 17.1. The normalized spacial score (nSPS) is 24.1. The second kappa shape index (κ2) is 9.65. The average Bonchev–Trinajstić information content (AvgIpc) is 3.14. The Morgan fingerprint density at radius 1 is 0.919 bits per heavy atom. The molecule has 200 valence electrons. The fourth-order valence-corrected chi connectivity index (χ4v) is 9.96. The number of piperidine rings is 1. The van der Waals surface area contributed by atoms with Crippen LogP contribution in [0.15, 0.2) is 60.7 Å². The van der Waals surface area contributed by atoms with Crippen molar-refractivity contribution in [2.75, 3.05) is 6.54 Å². The molecule has 2 aliphatic rings. The lowest BCUT2D eigenvalue weighted by molar-refractivity contribution is -0.158. The third kappa shape index (κ3) is 5.39. The van der Waals surface area contributed by atoms with Crippen molar-refractivity contribution in [3.63, 3.8) is 0 Å². The van der Waals surface area contributed by atoms with Gasteiger partial charge in [0, 0.05) is 0 Å². The zero-order chi connectivity index (χ0) is 27.2. The van der Waals surface area contributed by atoms with Crippen molar-refractivity contribution in [2.24, 2.45) is 0 Å². The summed E-state index contributed by atoms with van der Waals surface area (Å²) in [6.45, 7) is 15.4. The molecule has 7 nitrogen and oxygen atoms in total. The van der Waals surface area contributed by atoms with Gasteiger partial charge in [0.2, 0.25) is 0 Å². The highest BCUT2D eigenvalue weighted by molar-refractivity contribution is 6.99. The van der Waals surface area contributed by atoms with Gasteiger partial charge in [-0.2, -0.15) is 0 Å². The van der Waals surface area contributed by atoms with Crippen LogP contribution in [-0.2, 0) is 23.4 Å². The maximum Gasteiger partial charge on any atom is 0.417 e. The van der Waals surface area contributed by atoms with Crippen molar-refractivity contribution in [1.29, 1.82) is 0 Å². The number of carbonyl (C=O) groups excluding carboxylic acids is 2. The molecule has 0 unspecified atom stereocenters. The molecule has 0 aliphatic carbocycles. The summed E-state index contributed by atoms with van der Waals surface area (Å²) in [4.78, 5) is 27.7. The minimum absolute atomic E-state index is 0.0127. The largest absolute Gasteiger partial charge is 0.443 e. The highest BCUT2D eigenvalue weighted by atomic mass is 28.4. The molecule has 0 bridgehead atoms. The van der Waals surface area contributed by atoms with E-state index in [4.69, 9.17) is 18.6 Å². The Balaban J connectivity index is 1.83. The molecule has 2 heterocycles. The van der Waals surface area contributed by atoms with E-state index in [9.17, 15) is 9.59 Å². The van der Waals surface area contributed by atoms with E-state index in [0.717, 1.165) is 15.3 Å². The van der Waals surface area contributed by atoms with Crippen molar-refractivity contribution < 1.29 is 28.2 Å². The van der Waals surface area contributed by atoms with Gasteiger partial charge in [0.1, 0.15) is 11.7 Å². The van der Waals surface area contributed by atoms with Gasteiger partial charge in [0.15, 0.2) is 11.9 Å². The van der Waals surface area contributed by atoms with Crippen molar-refractivity contribution in [2.45, 2.75) is 90.1 Å². The Hall–Kier alpha value is -2.52. The molecule has 0 spiro atoms. The Morgan fingerprint density at radius 3 is 1.89 bits per heavy atom. The lowest BCUT2D eigenvalue weighted by Crippen LogP contribution is -2.71. The SMILES string of the molecule is CC(C)(C)OC(=O)N1C[C@@H](O[Si](c2ccccc2)(c2ccccc2)C(C)(C)C)[C@H]2OC(C)(C)O[C@H]2C1=O. The number of rotatable bonds is 4. The minimum atomic E-state index is -3.00. The van der Waals surface area contributed by atoms with Gasteiger partial charge < -0.3 is 18.6 Å². The standard InChI is InChI=1S/C29H39NO6Si/c1-27(2,3)35-26(32)30-19-22(23-24(25(30)31)34-29(7,8)33-23)36-37(28(4,5)6,20-15-11-9-12-16-20)21-17-13-10-14-18-21/h9-18,22-24H,19H2,1-8H3/t22-,23-,24-/m1/s1. The Morgan fingerprint density at radius 2 is 1.43 bits per heavy atom. The van der Waals surface area contributed by atoms with E-state index in [1.54, 1.807) is 34.6 Å². The van der Waals surface area contributed by atoms with E-state index >= 15 is 0 Å². The molecular formula is C29H39NO6Si. The van der Waals surface area contributed by atoms with Gasteiger partial charge >= 0.3 is 6.09 Å². The maximum absolute atomic E-state index is 13.4. The molecule has 0 saturated carbocycles. The van der Waals surface area contributed by atoms with Crippen molar-refractivity contribution in [3.8, 4) is 0 Å². The molecule has 2 amide bonds. The zero-order valence-corrected chi connectivity index (χ0v) is 24.1. The lowest BCUT2D eigenvalue weighted by Gasteiger charge is -2.48. The molecule has 2 aromatic rings. The molecule has 4 rings (SSSR count). The van der Waals surface area contributed by atoms with Crippen LogP contribution < -0.4 is 10.4 Å². The van der Waals surface area contributed by atoms with E-state index in [-0.39, 0.29) is 11.6 Å². The first-order valence-electron chi connectivity index (χ1n) is 12.8. The zero-order valence-electron chi connectivity index (χ0n) is 23.1. The van der Waals surface area contributed by atoms with Crippen LogP contribution in [-0.4, -0.2) is 61.5 Å². The monoisotopic (exact) mass is 525 g/mol. The summed E-state index contributed by atoms with van der Waals surface area (Å²) >= 11 is 0. The average molecular weight is 526 g/mol. The quantitative estimate of drug-likeness (QED) is 0.557. The second-order valence-corrected chi connectivity index (χ2v) is 16.5. The first-order valence-corrected chi connectivity index (χ1v) is 14.7. The molecule has 0 aromatic heterocycles. The smallest absolute Gasteiger partial charge is 0.417 e. The van der Waals surface area contributed by atoms with Crippen molar-refractivity contribution in [1.82, 2.24) is 4.90 Å². The number of fused-ring (bicyclic) bond motifs is 1. The molecule has 3 atom stereocenters. The van der Waals surface area contributed by atoms with Crippen LogP contribution in [0.1, 0.15) is 55.4 Å². The lowest BCUT2D eigenvalue weighted by atomic mass is 10.0. The Kier molecular flexibility index (Phi) is 7.18. The molecule has 2 aliphatic heterocycles. The molecule has 2 aromatic carbocycles. The van der Waals surface area contributed by atoms with E-state index in [1.165, 1.54) is 0 Å². The van der Waals surface area contributed by atoms with E-state index in [1.807, 2.05) is 36.4 Å². The Labute approximate surface area is 221 Å². The fourth-order valence-electron chi connectivity index (χ4n) is 5.28. The predicted molar refractivity (Wildman–Crippen MR) is 144 cm³/mol. The van der Waals surface area contributed by atoms with Crippen LogP contribution >= 0.6 is 0 Å². The summed E-state index contributed by atoms with van der Waals surface area (Å²) in [6.07, 6.45) is -2.97. The highest BCUT2D eigenvalue weighted by Crippen LogP contribution is 2.41. The summed E-state index contributed by atoms with van der Waals surface area (Å²) in [6, 6.07) is 20.5. The number of hydrogen-bond donors (Lipinski definition) is 0. The summed E-state index contributed by atoms with van der Waals surface area (Å²) in [5.41, 5.74) is -0.755. The summed E-state index contributed by atoms with van der Waals surface area (Å²) in [5, 5.41) is 1.91. The van der Waals surface area contributed by atoms with Gasteiger partial charge in [0.25, 0.3) is 14.2 Å². The number of hydrogen-bond acceptors (Lipinski definition) is 6. The van der Waals surface area contributed by atoms with Crippen LogP contribution in [0.2, 0.25) is 5.04 Å². The fraction of sp³-hybridized carbons (Fsp3) is 0.517. The molecule has 8 heteroatoms. The van der Waals surface area contributed by atoms with E-state index < -0.39 is 50.0 Å². The number of likely N-dealkylation sites (tertiary alicyclic amines) is 1. The topological polar surface area (TPSA) is 74.3 Å². The van der Waals surface area contributed by atoms with Crippen LogP contribution in [0.25, 0.3) is 0 Å². The van der Waals surface area contributed by atoms with E-state index in [0.29, 0.717) is 0 Å². The van der Waals surface area contributed by atoms with Gasteiger partial charge in [-0.15, -0.1) is 0 Å². The molecule has 2 saturated heterocycles. The van der Waals surface area contributed by atoms with Gasteiger partial charge in [0.05, 0.1) is 12.6 Å². The van der Waals surface area contributed by atoms with Gasteiger partial charge in [-0.1, -0.05) is 81.4 Å². The third-order valence-corrected chi connectivity index (χ3v) is 11.8. The minimum Gasteiger partial charge on any atom is -0.443 e. The highest BCUT2D eigenvalue weighted by Gasteiger charge is 2.59. The van der Waals surface area contributed by atoms with Crippen LogP contribution in [0, 0.1) is 0 Å². The van der Waals surface area contributed by atoms with Gasteiger partial charge in [-0.05, 0) is 50.0 Å². The second-order valence-electron chi connectivity index (χ2n) is 12.3. The van der Waals surface area contributed by atoms with Crippen molar-refractivity contribution >= 4 is 30.7 Å². The molecule has 2 fully saturated rings. The van der Waals surface area contributed by atoms with Crippen LogP contribution in [0.4, 0.5) is 4.79 Å². The Bertz CT molecular complexity index is 1080. The number of ether oxygens (including phenoxy) is 3. The van der Waals surface area contributed by atoms with Crippen molar-refractivity contribution in [3.05, 3.63) is 60.7 Å². The molecule has 0 N–H and O–H groups in total. The number of benzene rings is 2. The molecular weight excluding hydrogens is 486 g/mol. The van der Waals surface area contributed by atoms with Crippen LogP contribution in [0.5, 0.6) is 0 Å². The molecule has 37 heavy (non-hydrogen) atoms. The number of carbonyl (C=O) groups is 2. The number of nitrogens with zero attached hydrogens (tertiary/aromatic N) is 1. The summed E-state index contributed by atoms with van der Waals surface area (Å²) in [5.74, 6) is -1.46. The number of imide groups is 1. The maximum atomic E-state index is 13.4. The third-order valence-electron chi connectivity index (χ3n) is 6.73. The first kappa shape index (κ1) is 27.5. The van der Waals surface area contributed by atoms with E-state index in [2.05, 4.69) is 45.0 Å². The van der Waals surface area contributed by atoms with Gasteiger partial charge in [-0.3, -0.25) is 4.79 Å². The van der Waals surface area contributed by atoms with Gasteiger partial charge in [-0.25, -0.2) is 9.69 Å². The number of amides is 2.